The molecule has 1 aromatic heterocycles. The number of nitrogens with zero attached hydrogens (tertiary/aromatic N) is 2. The molecule has 1 heterocycles. The molecule has 1 aliphatic rings. The monoisotopic (exact) mass is 261 g/mol. The fourth-order valence-electron chi connectivity index (χ4n) is 2.26. The molecule has 0 aromatic carbocycles. The first kappa shape index (κ1) is 13.8. The van der Waals surface area contributed by atoms with Crippen molar-refractivity contribution < 1.29 is 4.74 Å². The Morgan fingerprint density at radius 3 is 2.79 bits per heavy atom. The molecule has 4 heteroatoms. The third kappa shape index (κ3) is 3.69. The smallest absolute Gasteiger partial charge is 0.218 e. The molecule has 0 radical (unpaired) electrons. The third-order valence-electron chi connectivity index (χ3n) is 3.68. The van der Waals surface area contributed by atoms with Gasteiger partial charge in [0, 0.05) is 19.5 Å². The van der Waals surface area contributed by atoms with Crippen LogP contribution < -0.4 is 10.1 Å². The minimum Gasteiger partial charge on any atom is -0.477 e. The molecule has 104 valence electrons. The lowest BCUT2D eigenvalue weighted by molar-refractivity contribution is 0.192. The number of nitrogens with one attached hydrogen (secondary N) is 1. The number of rotatable bonds is 5. The van der Waals surface area contributed by atoms with Gasteiger partial charge in [-0.15, -0.1) is 0 Å². The van der Waals surface area contributed by atoms with E-state index in [1.54, 1.807) is 0 Å². The van der Waals surface area contributed by atoms with Gasteiger partial charge in [-0.3, -0.25) is 0 Å². The first-order valence-electron chi connectivity index (χ1n) is 7.06. The standard InChI is InChI=1S/C15H23N3O/c1-4-13-17-14(16-3)9-15(18-13)19-10-12-8-6-5-7-11(12)2/h5-6,9,11-12H,4,7-8,10H2,1-3H3,(H,16,17,18). The predicted octanol–water partition coefficient (Wildman–Crippen LogP) is 3.06. The molecule has 0 amide bonds. The van der Waals surface area contributed by atoms with E-state index >= 15 is 0 Å². The highest BCUT2D eigenvalue weighted by Crippen LogP contribution is 2.25. The van der Waals surface area contributed by atoms with Gasteiger partial charge in [0.05, 0.1) is 6.61 Å². The summed E-state index contributed by atoms with van der Waals surface area (Å²) in [6.45, 7) is 5.06. The van der Waals surface area contributed by atoms with E-state index in [2.05, 4.69) is 34.4 Å². The van der Waals surface area contributed by atoms with E-state index in [-0.39, 0.29) is 0 Å². The van der Waals surface area contributed by atoms with Gasteiger partial charge in [0.1, 0.15) is 11.6 Å². The lowest BCUT2D eigenvalue weighted by atomic mass is 9.85. The molecule has 0 bridgehead atoms. The van der Waals surface area contributed by atoms with Gasteiger partial charge in [0.2, 0.25) is 5.88 Å². The molecule has 0 saturated heterocycles. The number of anilines is 1. The van der Waals surface area contributed by atoms with Crippen LogP contribution in [-0.4, -0.2) is 23.6 Å². The van der Waals surface area contributed by atoms with Gasteiger partial charge in [0.25, 0.3) is 0 Å². The molecule has 4 nitrogen and oxygen atoms in total. The van der Waals surface area contributed by atoms with E-state index in [4.69, 9.17) is 4.74 Å². The van der Waals surface area contributed by atoms with Crippen LogP contribution in [0.1, 0.15) is 32.5 Å². The summed E-state index contributed by atoms with van der Waals surface area (Å²) >= 11 is 0. The summed E-state index contributed by atoms with van der Waals surface area (Å²) in [7, 11) is 1.86. The molecule has 2 unspecified atom stereocenters. The van der Waals surface area contributed by atoms with Crippen LogP contribution in [0.4, 0.5) is 5.82 Å². The fourth-order valence-corrected chi connectivity index (χ4v) is 2.26. The Labute approximate surface area is 115 Å². The van der Waals surface area contributed by atoms with Crippen molar-refractivity contribution in [1.82, 2.24) is 9.97 Å². The van der Waals surface area contributed by atoms with Gasteiger partial charge in [-0.2, -0.15) is 4.98 Å². The van der Waals surface area contributed by atoms with Gasteiger partial charge in [-0.25, -0.2) is 4.98 Å². The summed E-state index contributed by atoms with van der Waals surface area (Å²) in [6.07, 6.45) is 7.59. The summed E-state index contributed by atoms with van der Waals surface area (Å²) in [5, 5.41) is 3.05. The third-order valence-corrected chi connectivity index (χ3v) is 3.68. The molecular weight excluding hydrogens is 238 g/mol. The predicted molar refractivity (Wildman–Crippen MR) is 77.5 cm³/mol. The summed E-state index contributed by atoms with van der Waals surface area (Å²) in [4.78, 5) is 8.78. The number of allylic oxidation sites excluding steroid dienone is 2. The zero-order chi connectivity index (χ0) is 13.7. The highest BCUT2D eigenvalue weighted by molar-refractivity contribution is 5.37. The van der Waals surface area contributed by atoms with Crippen LogP contribution in [0.5, 0.6) is 5.88 Å². The Kier molecular flexibility index (Phi) is 4.77. The van der Waals surface area contributed by atoms with Gasteiger partial charge in [0.15, 0.2) is 0 Å². The van der Waals surface area contributed by atoms with E-state index in [9.17, 15) is 0 Å². The van der Waals surface area contributed by atoms with Crippen molar-refractivity contribution in [3.05, 3.63) is 24.0 Å². The summed E-state index contributed by atoms with van der Waals surface area (Å²) < 4.78 is 5.88. The molecule has 0 aliphatic heterocycles. The Bertz CT molecular complexity index is 423. The average molecular weight is 261 g/mol. The van der Waals surface area contributed by atoms with E-state index in [1.165, 1.54) is 0 Å². The van der Waals surface area contributed by atoms with Gasteiger partial charge in [-0.1, -0.05) is 26.0 Å². The van der Waals surface area contributed by atoms with Crippen molar-refractivity contribution in [1.29, 1.82) is 0 Å². The maximum Gasteiger partial charge on any atom is 0.218 e. The van der Waals surface area contributed by atoms with Crippen molar-refractivity contribution >= 4 is 5.82 Å². The Hall–Kier alpha value is -1.58. The van der Waals surface area contributed by atoms with Crippen LogP contribution in [0.2, 0.25) is 0 Å². The topological polar surface area (TPSA) is 47.0 Å². The quantitative estimate of drug-likeness (QED) is 0.827. The molecule has 0 spiro atoms. The van der Waals surface area contributed by atoms with Crippen molar-refractivity contribution in [3.63, 3.8) is 0 Å². The Morgan fingerprint density at radius 2 is 2.11 bits per heavy atom. The molecule has 19 heavy (non-hydrogen) atoms. The van der Waals surface area contributed by atoms with Gasteiger partial charge < -0.3 is 10.1 Å². The number of hydrogen-bond donors (Lipinski definition) is 1. The molecule has 2 rings (SSSR count). The van der Waals surface area contributed by atoms with Crippen LogP contribution in [0.25, 0.3) is 0 Å². The van der Waals surface area contributed by atoms with Crippen LogP contribution in [0, 0.1) is 11.8 Å². The Balaban J connectivity index is 2.00. The highest BCUT2D eigenvalue weighted by atomic mass is 16.5. The second-order valence-corrected chi connectivity index (χ2v) is 5.10. The first-order chi connectivity index (χ1) is 9.22. The molecule has 1 aromatic rings. The number of aryl methyl sites for hydroxylation is 1. The SMILES string of the molecule is CCc1nc(NC)cc(OCC2CC=CCC2C)n1. The normalized spacial score (nSPS) is 22.3. The van der Waals surface area contributed by atoms with E-state index in [0.717, 1.165) is 37.5 Å². The fraction of sp³-hybridized carbons (Fsp3) is 0.600. The molecule has 2 atom stereocenters. The maximum atomic E-state index is 5.88. The molecule has 0 saturated carbocycles. The summed E-state index contributed by atoms with van der Waals surface area (Å²) in [5.74, 6) is 3.58. The lowest BCUT2D eigenvalue weighted by Gasteiger charge is -2.25. The van der Waals surface area contributed by atoms with Crippen LogP contribution in [-0.2, 0) is 6.42 Å². The van der Waals surface area contributed by atoms with Crippen molar-refractivity contribution in [2.75, 3.05) is 19.0 Å². The van der Waals surface area contributed by atoms with Crippen molar-refractivity contribution in [2.24, 2.45) is 11.8 Å². The Morgan fingerprint density at radius 1 is 1.32 bits per heavy atom. The highest BCUT2D eigenvalue weighted by Gasteiger charge is 2.19. The lowest BCUT2D eigenvalue weighted by Crippen LogP contribution is -2.21. The van der Waals surface area contributed by atoms with E-state index in [1.807, 2.05) is 20.0 Å². The maximum absolute atomic E-state index is 5.88. The molecule has 1 N–H and O–H groups in total. The van der Waals surface area contributed by atoms with Crippen LogP contribution in [0.15, 0.2) is 18.2 Å². The number of ether oxygens (including phenoxy) is 1. The van der Waals surface area contributed by atoms with Crippen molar-refractivity contribution in [2.45, 2.75) is 33.1 Å². The minimum absolute atomic E-state index is 0.586. The average Bonchev–Trinajstić information content (AvgIpc) is 2.46. The zero-order valence-corrected chi connectivity index (χ0v) is 12.0. The molecule has 0 fully saturated rings. The van der Waals surface area contributed by atoms with Gasteiger partial charge in [-0.05, 0) is 24.7 Å². The number of hydrogen-bond acceptors (Lipinski definition) is 4. The summed E-state index contributed by atoms with van der Waals surface area (Å²) in [5.41, 5.74) is 0. The summed E-state index contributed by atoms with van der Waals surface area (Å²) in [6, 6.07) is 1.86. The van der Waals surface area contributed by atoms with Crippen molar-refractivity contribution in [3.8, 4) is 5.88 Å². The first-order valence-corrected chi connectivity index (χ1v) is 7.06. The molecular formula is C15H23N3O. The van der Waals surface area contributed by atoms with Crippen LogP contribution in [0.3, 0.4) is 0 Å². The van der Waals surface area contributed by atoms with Crippen LogP contribution >= 0.6 is 0 Å². The zero-order valence-electron chi connectivity index (χ0n) is 12.0. The number of aromatic nitrogens is 2. The largest absolute Gasteiger partial charge is 0.477 e. The molecule has 1 aliphatic carbocycles. The van der Waals surface area contributed by atoms with E-state index in [0.29, 0.717) is 17.7 Å². The van der Waals surface area contributed by atoms with Gasteiger partial charge >= 0.3 is 0 Å². The minimum atomic E-state index is 0.586. The second kappa shape index (κ2) is 6.55. The second-order valence-electron chi connectivity index (χ2n) is 5.10. The van der Waals surface area contributed by atoms with E-state index < -0.39 is 0 Å².